The van der Waals surface area contributed by atoms with Gasteiger partial charge in [-0.25, -0.2) is 0 Å². The van der Waals surface area contributed by atoms with E-state index in [0.717, 1.165) is 23.7 Å². The van der Waals surface area contributed by atoms with Crippen molar-refractivity contribution in [3.05, 3.63) is 187 Å². The van der Waals surface area contributed by atoms with Gasteiger partial charge in [-0.15, -0.1) is 0 Å². The number of hydrogen-bond donors (Lipinski definition) is 0. The van der Waals surface area contributed by atoms with E-state index in [4.69, 9.17) is 0 Å². The second kappa shape index (κ2) is 12.2. The zero-order valence-corrected chi connectivity index (χ0v) is 30.0. The maximum atomic E-state index is 2.62. The van der Waals surface area contributed by atoms with E-state index >= 15 is 0 Å². The number of hydrogen-bond acceptors (Lipinski definition) is 1. The molecular formula is C52H43N. The van der Waals surface area contributed by atoms with Gasteiger partial charge < -0.3 is 4.90 Å². The van der Waals surface area contributed by atoms with Crippen molar-refractivity contribution in [1.82, 2.24) is 0 Å². The maximum absolute atomic E-state index is 2.62. The molecule has 0 N–H and O–H groups in total. The summed E-state index contributed by atoms with van der Waals surface area (Å²) in [5.74, 6) is 3.30. The van der Waals surface area contributed by atoms with Crippen LogP contribution in [-0.2, 0) is 5.41 Å². The van der Waals surface area contributed by atoms with Crippen LogP contribution in [0.4, 0.5) is 17.1 Å². The molecule has 0 atom stereocenters. The van der Waals surface area contributed by atoms with Crippen LogP contribution in [0.3, 0.4) is 0 Å². The number of nitrogens with zero attached hydrogens (tertiary/aromatic N) is 1. The Morgan fingerprint density at radius 3 is 1.47 bits per heavy atom. The molecule has 53 heavy (non-hydrogen) atoms. The van der Waals surface area contributed by atoms with Gasteiger partial charge in [-0.05, 0) is 136 Å². The molecule has 4 fully saturated rings. The number of benzene rings is 7. The van der Waals surface area contributed by atoms with Gasteiger partial charge >= 0.3 is 0 Å². The molecule has 7 aromatic carbocycles. The van der Waals surface area contributed by atoms with Crippen molar-refractivity contribution in [2.75, 3.05) is 4.90 Å². The van der Waals surface area contributed by atoms with Gasteiger partial charge in [0.2, 0.25) is 0 Å². The number of rotatable bonds is 6. The summed E-state index contributed by atoms with van der Waals surface area (Å²) in [5, 5.41) is 0. The van der Waals surface area contributed by atoms with Crippen LogP contribution < -0.4 is 4.90 Å². The Kier molecular flexibility index (Phi) is 7.12. The van der Waals surface area contributed by atoms with Crippen LogP contribution in [0, 0.1) is 23.7 Å². The average molecular weight is 682 g/mol. The molecular weight excluding hydrogens is 639 g/mol. The first-order valence-corrected chi connectivity index (χ1v) is 19.7. The predicted octanol–water partition coefficient (Wildman–Crippen LogP) is 13.9. The maximum Gasteiger partial charge on any atom is 0.0540 e. The van der Waals surface area contributed by atoms with Crippen LogP contribution in [0.5, 0.6) is 0 Å². The normalized spacial score (nSPS) is 23.2. The second-order valence-corrected chi connectivity index (χ2v) is 16.2. The fourth-order valence-electron chi connectivity index (χ4n) is 11.5. The monoisotopic (exact) mass is 681 g/mol. The standard InChI is InChI=1S/C52H43N/c1-3-11-37(12-4-1)38-19-21-39(22-20-38)40-23-25-44(26-24-40)53(51-18-10-8-15-46(51)41-13-5-2-6-14-41)45-27-28-48-47-16-7-9-17-49(47)52(50(48)34-45)42-30-35-29-36(32-42)33-43(52)31-35/h1-28,34-36,42-43H,29-33H2. The smallest absolute Gasteiger partial charge is 0.0540 e. The molecule has 1 heteroatoms. The number of anilines is 3. The summed E-state index contributed by atoms with van der Waals surface area (Å²) in [5.41, 5.74) is 17.3. The topological polar surface area (TPSA) is 3.24 Å². The van der Waals surface area contributed by atoms with Crippen LogP contribution >= 0.6 is 0 Å². The lowest BCUT2D eigenvalue weighted by Gasteiger charge is -2.61. The molecule has 7 aromatic rings. The molecule has 4 bridgehead atoms. The fourth-order valence-corrected chi connectivity index (χ4v) is 11.5. The van der Waals surface area contributed by atoms with Gasteiger partial charge in [0.05, 0.1) is 5.69 Å². The van der Waals surface area contributed by atoms with Crippen LogP contribution in [0.2, 0.25) is 0 Å². The van der Waals surface area contributed by atoms with Gasteiger partial charge in [-0.2, -0.15) is 0 Å². The lowest BCUT2D eigenvalue weighted by atomic mass is 9.43. The highest BCUT2D eigenvalue weighted by Crippen LogP contribution is 2.69. The summed E-state index contributed by atoms with van der Waals surface area (Å²) in [7, 11) is 0. The zero-order valence-electron chi connectivity index (χ0n) is 30.0. The molecule has 5 aliphatic rings. The molecule has 4 saturated carbocycles. The zero-order chi connectivity index (χ0) is 34.9. The molecule has 0 radical (unpaired) electrons. The number of para-hydroxylation sites is 1. The Morgan fingerprint density at radius 2 is 0.830 bits per heavy atom. The first-order chi connectivity index (χ1) is 26.2. The van der Waals surface area contributed by atoms with Crippen molar-refractivity contribution < 1.29 is 0 Å². The first kappa shape index (κ1) is 30.9. The molecule has 0 aromatic heterocycles. The minimum absolute atomic E-state index is 0.121. The Bertz CT molecular complexity index is 2410. The lowest BCUT2D eigenvalue weighted by Crippen LogP contribution is -2.55. The quantitative estimate of drug-likeness (QED) is 0.169. The fraction of sp³-hybridized carbons (Fsp3) is 0.192. The van der Waals surface area contributed by atoms with E-state index in [1.807, 2.05) is 0 Å². The number of fused-ring (bicyclic) bond motifs is 3. The van der Waals surface area contributed by atoms with Crippen molar-refractivity contribution in [3.63, 3.8) is 0 Å². The van der Waals surface area contributed by atoms with Crippen molar-refractivity contribution in [3.8, 4) is 44.5 Å². The van der Waals surface area contributed by atoms with Crippen LogP contribution in [0.15, 0.2) is 176 Å². The minimum Gasteiger partial charge on any atom is -0.310 e. The molecule has 0 amide bonds. The second-order valence-electron chi connectivity index (χ2n) is 16.2. The summed E-state index contributed by atoms with van der Waals surface area (Å²) < 4.78 is 0. The molecule has 5 aliphatic carbocycles. The summed E-state index contributed by atoms with van der Waals surface area (Å²) in [6.45, 7) is 0. The van der Waals surface area contributed by atoms with Gasteiger partial charge in [0.1, 0.15) is 0 Å². The molecule has 256 valence electrons. The van der Waals surface area contributed by atoms with E-state index < -0.39 is 0 Å². The third kappa shape index (κ3) is 4.83. The van der Waals surface area contributed by atoms with Gasteiger partial charge in [0.25, 0.3) is 0 Å². The average Bonchev–Trinajstić information content (AvgIpc) is 3.51. The third-order valence-corrected chi connectivity index (χ3v) is 13.5. The SMILES string of the molecule is c1ccc(-c2ccc(-c3ccc(N(c4ccc5c(c4)C4(c6ccccc6-5)C5CC6CC(C5)CC4C6)c4ccccc4-c4ccccc4)cc3)cc2)cc1. The molecule has 0 aliphatic heterocycles. The largest absolute Gasteiger partial charge is 0.310 e. The summed E-state index contributed by atoms with van der Waals surface area (Å²) in [6, 6.07) is 65.6. The summed E-state index contributed by atoms with van der Waals surface area (Å²) >= 11 is 0. The van der Waals surface area contributed by atoms with Crippen LogP contribution in [0.25, 0.3) is 44.5 Å². The Balaban J connectivity index is 1.05. The van der Waals surface area contributed by atoms with Gasteiger partial charge in [0, 0.05) is 22.4 Å². The summed E-state index contributed by atoms with van der Waals surface area (Å²) in [4.78, 5) is 2.53. The van der Waals surface area contributed by atoms with Gasteiger partial charge in [0.15, 0.2) is 0 Å². The van der Waals surface area contributed by atoms with Crippen LogP contribution in [-0.4, -0.2) is 0 Å². The first-order valence-electron chi connectivity index (χ1n) is 19.7. The molecule has 0 saturated heterocycles. The highest BCUT2D eigenvalue weighted by Gasteiger charge is 2.61. The third-order valence-electron chi connectivity index (χ3n) is 13.5. The van der Waals surface area contributed by atoms with E-state index in [-0.39, 0.29) is 5.41 Å². The highest BCUT2D eigenvalue weighted by atomic mass is 15.1. The van der Waals surface area contributed by atoms with E-state index in [1.165, 1.54) is 93.7 Å². The van der Waals surface area contributed by atoms with E-state index in [2.05, 4.69) is 181 Å². The summed E-state index contributed by atoms with van der Waals surface area (Å²) in [6.07, 6.45) is 7.02. The Hall–Kier alpha value is -5.66. The minimum atomic E-state index is 0.121. The van der Waals surface area contributed by atoms with Crippen LogP contribution in [0.1, 0.15) is 43.2 Å². The van der Waals surface area contributed by atoms with Crippen molar-refractivity contribution in [2.45, 2.75) is 37.5 Å². The van der Waals surface area contributed by atoms with E-state index in [1.54, 1.807) is 11.1 Å². The van der Waals surface area contributed by atoms with Gasteiger partial charge in [-0.1, -0.05) is 146 Å². The van der Waals surface area contributed by atoms with Crippen molar-refractivity contribution >= 4 is 17.1 Å². The van der Waals surface area contributed by atoms with Crippen molar-refractivity contribution in [2.24, 2.45) is 23.7 Å². The lowest BCUT2D eigenvalue weighted by molar-refractivity contribution is -0.0399. The molecule has 0 unspecified atom stereocenters. The molecule has 0 heterocycles. The Labute approximate surface area is 313 Å². The highest BCUT2D eigenvalue weighted by molar-refractivity contribution is 5.91. The Morgan fingerprint density at radius 1 is 0.358 bits per heavy atom. The molecule has 12 rings (SSSR count). The predicted molar refractivity (Wildman–Crippen MR) is 221 cm³/mol. The van der Waals surface area contributed by atoms with E-state index in [9.17, 15) is 0 Å². The molecule has 1 spiro atoms. The molecule has 1 nitrogen and oxygen atoms in total. The van der Waals surface area contributed by atoms with E-state index in [0.29, 0.717) is 0 Å². The van der Waals surface area contributed by atoms with Crippen molar-refractivity contribution in [1.29, 1.82) is 0 Å². The van der Waals surface area contributed by atoms with Gasteiger partial charge in [-0.3, -0.25) is 0 Å².